The molecule has 168 valence electrons. The van der Waals surface area contributed by atoms with Crippen molar-refractivity contribution in [3.05, 3.63) is 59.7 Å². The van der Waals surface area contributed by atoms with Crippen LogP contribution in [0.15, 0.2) is 47.4 Å². The van der Waals surface area contributed by atoms with Crippen molar-refractivity contribution in [1.82, 2.24) is 9.21 Å². The Morgan fingerprint density at radius 1 is 1.00 bits per heavy atom. The fourth-order valence-electron chi connectivity index (χ4n) is 3.05. The van der Waals surface area contributed by atoms with Crippen LogP contribution in [0.1, 0.15) is 5.56 Å². The molecule has 2 aromatic carbocycles. The van der Waals surface area contributed by atoms with E-state index in [2.05, 4.69) is 0 Å². The van der Waals surface area contributed by atoms with Crippen molar-refractivity contribution in [2.45, 2.75) is 11.1 Å². The van der Waals surface area contributed by atoms with Gasteiger partial charge in [-0.15, -0.1) is 0 Å². The summed E-state index contributed by atoms with van der Waals surface area (Å²) < 4.78 is 97.3. The van der Waals surface area contributed by atoms with E-state index in [-0.39, 0.29) is 26.2 Å². The minimum atomic E-state index is -4.65. The molecule has 1 fully saturated rings. The number of hydrogen-bond donors (Lipinski definition) is 0. The van der Waals surface area contributed by atoms with Gasteiger partial charge in [-0.05, 0) is 30.3 Å². The number of amides is 1. The maximum atomic E-state index is 13.9. The van der Waals surface area contributed by atoms with E-state index in [0.717, 1.165) is 22.5 Å². The van der Waals surface area contributed by atoms with Gasteiger partial charge in [-0.2, -0.15) is 17.5 Å². The van der Waals surface area contributed by atoms with Crippen molar-refractivity contribution in [3.8, 4) is 5.75 Å². The highest BCUT2D eigenvalue weighted by Gasteiger charge is 2.35. The molecule has 0 aliphatic carbocycles. The van der Waals surface area contributed by atoms with Crippen LogP contribution in [0.4, 0.5) is 22.0 Å². The number of carbonyl (C=O) groups excluding carboxylic acids is 1. The molecule has 1 aliphatic heterocycles. The zero-order valence-electron chi connectivity index (χ0n) is 15.9. The summed E-state index contributed by atoms with van der Waals surface area (Å²) in [5, 5.41) is 0. The number of sulfonamides is 1. The summed E-state index contributed by atoms with van der Waals surface area (Å²) in [6.07, 6.45) is -4.65. The average Bonchev–Trinajstić information content (AvgIpc) is 2.73. The third kappa shape index (κ3) is 5.13. The molecule has 1 aliphatic rings. The van der Waals surface area contributed by atoms with E-state index in [1.807, 2.05) is 0 Å². The number of alkyl halides is 3. The van der Waals surface area contributed by atoms with Crippen LogP contribution in [0.2, 0.25) is 0 Å². The molecule has 1 saturated heterocycles. The van der Waals surface area contributed by atoms with Crippen LogP contribution in [0.25, 0.3) is 0 Å². The normalized spacial score (nSPS) is 15.7. The minimum Gasteiger partial charge on any atom is -0.483 e. The molecule has 31 heavy (non-hydrogen) atoms. The van der Waals surface area contributed by atoms with Gasteiger partial charge < -0.3 is 9.64 Å². The summed E-state index contributed by atoms with van der Waals surface area (Å²) >= 11 is 0. The standard InChI is InChI=1S/C19H17F5N2O4S/c20-13-5-6-15(21)17(11-13)31(28,29)26-9-7-25(8-10-26)18(27)12-30-16-4-2-1-3-14(16)19(22,23)24/h1-6,11H,7-10,12H2. The van der Waals surface area contributed by atoms with E-state index in [9.17, 15) is 35.2 Å². The fourth-order valence-corrected chi connectivity index (χ4v) is 4.55. The first-order valence-electron chi connectivity index (χ1n) is 9.02. The monoisotopic (exact) mass is 464 g/mol. The summed E-state index contributed by atoms with van der Waals surface area (Å²) in [5.41, 5.74) is -1.02. The van der Waals surface area contributed by atoms with Gasteiger partial charge in [0.15, 0.2) is 6.61 Å². The molecule has 0 N–H and O–H groups in total. The Bertz CT molecular complexity index is 1070. The molecule has 0 bridgehead atoms. The largest absolute Gasteiger partial charge is 0.483 e. The van der Waals surface area contributed by atoms with Gasteiger partial charge in [0.05, 0.1) is 5.56 Å². The van der Waals surface area contributed by atoms with Gasteiger partial charge in [-0.25, -0.2) is 17.2 Å². The highest BCUT2D eigenvalue weighted by molar-refractivity contribution is 7.89. The Labute approximate surface area is 174 Å². The lowest BCUT2D eigenvalue weighted by atomic mass is 10.2. The van der Waals surface area contributed by atoms with Crippen LogP contribution in [0, 0.1) is 11.6 Å². The Balaban J connectivity index is 1.61. The molecule has 6 nitrogen and oxygen atoms in total. The molecule has 0 unspecified atom stereocenters. The van der Waals surface area contributed by atoms with Crippen molar-refractivity contribution in [2.24, 2.45) is 0 Å². The molecular weight excluding hydrogens is 447 g/mol. The summed E-state index contributed by atoms with van der Waals surface area (Å²) in [5.74, 6) is -3.14. The number of carbonyl (C=O) groups is 1. The smallest absolute Gasteiger partial charge is 0.419 e. The van der Waals surface area contributed by atoms with Crippen LogP contribution in [-0.4, -0.2) is 56.3 Å². The van der Waals surface area contributed by atoms with E-state index < -0.39 is 56.6 Å². The number of hydrogen-bond acceptors (Lipinski definition) is 4. The van der Waals surface area contributed by atoms with Gasteiger partial charge in [-0.1, -0.05) is 12.1 Å². The Morgan fingerprint density at radius 3 is 2.29 bits per heavy atom. The number of ether oxygens (including phenoxy) is 1. The highest BCUT2D eigenvalue weighted by atomic mass is 32.2. The predicted molar refractivity (Wildman–Crippen MR) is 98.6 cm³/mol. The molecule has 0 atom stereocenters. The second-order valence-electron chi connectivity index (χ2n) is 6.64. The number of rotatable bonds is 5. The van der Waals surface area contributed by atoms with Crippen molar-refractivity contribution in [1.29, 1.82) is 0 Å². The number of halogens is 5. The lowest BCUT2D eigenvalue weighted by Crippen LogP contribution is -2.51. The quantitative estimate of drug-likeness (QED) is 0.639. The first-order chi connectivity index (χ1) is 14.5. The maximum Gasteiger partial charge on any atom is 0.419 e. The Hall–Kier alpha value is -2.73. The molecular formula is C19H17F5N2O4S. The van der Waals surface area contributed by atoms with Gasteiger partial charge in [0, 0.05) is 26.2 Å². The first kappa shape index (κ1) is 22.9. The van der Waals surface area contributed by atoms with Crippen molar-refractivity contribution >= 4 is 15.9 Å². The topological polar surface area (TPSA) is 66.9 Å². The summed E-state index contributed by atoms with van der Waals surface area (Å²) in [7, 11) is -4.32. The molecule has 12 heteroatoms. The molecule has 0 radical (unpaired) electrons. The number of nitrogens with zero attached hydrogens (tertiary/aromatic N) is 2. The Kier molecular flexibility index (Phi) is 6.51. The SMILES string of the molecule is O=C(COc1ccccc1C(F)(F)F)N1CCN(S(=O)(=O)c2cc(F)ccc2F)CC1. The van der Waals surface area contributed by atoms with Crippen molar-refractivity contribution in [2.75, 3.05) is 32.8 Å². The van der Waals surface area contributed by atoms with Gasteiger partial charge in [0.2, 0.25) is 10.0 Å². The number of para-hydroxylation sites is 1. The second kappa shape index (κ2) is 8.79. The van der Waals surface area contributed by atoms with E-state index in [4.69, 9.17) is 4.74 Å². The highest BCUT2D eigenvalue weighted by Crippen LogP contribution is 2.35. The van der Waals surface area contributed by atoms with Crippen LogP contribution < -0.4 is 4.74 Å². The third-order valence-corrected chi connectivity index (χ3v) is 6.56. The van der Waals surface area contributed by atoms with Crippen LogP contribution >= 0.6 is 0 Å². The third-order valence-electron chi connectivity index (χ3n) is 4.65. The van der Waals surface area contributed by atoms with E-state index >= 15 is 0 Å². The number of benzene rings is 2. The van der Waals surface area contributed by atoms with Crippen LogP contribution in [0.5, 0.6) is 5.75 Å². The van der Waals surface area contributed by atoms with Crippen molar-refractivity contribution in [3.63, 3.8) is 0 Å². The minimum absolute atomic E-state index is 0.0841. The Morgan fingerprint density at radius 2 is 1.65 bits per heavy atom. The molecule has 2 aromatic rings. The molecule has 1 heterocycles. The zero-order valence-corrected chi connectivity index (χ0v) is 16.7. The number of piperazine rings is 1. The van der Waals surface area contributed by atoms with E-state index in [1.54, 1.807) is 0 Å². The first-order valence-corrected chi connectivity index (χ1v) is 10.5. The predicted octanol–water partition coefficient (Wildman–Crippen LogP) is 2.90. The molecule has 0 aromatic heterocycles. The van der Waals surface area contributed by atoms with Gasteiger partial charge in [-0.3, -0.25) is 4.79 Å². The zero-order chi connectivity index (χ0) is 22.8. The van der Waals surface area contributed by atoms with Gasteiger partial charge in [0.25, 0.3) is 5.91 Å². The fraction of sp³-hybridized carbons (Fsp3) is 0.316. The molecule has 1 amide bonds. The van der Waals surface area contributed by atoms with Crippen molar-refractivity contribution < 1.29 is 39.9 Å². The van der Waals surface area contributed by atoms with E-state index in [0.29, 0.717) is 12.1 Å². The summed E-state index contributed by atoms with van der Waals surface area (Å²) in [6, 6.07) is 6.53. The lowest BCUT2D eigenvalue weighted by Gasteiger charge is -2.34. The van der Waals surface area contributed by atoms with Gasteiger partial charge >= 0.3 is 6.18 Å². The van der Waals surface area contributed by atoms with Crippen LogP contribution in [0.3, 0.4) is 0 Å². The van der Waals surface area contributed by atoms with Crippen LogP contribution in [-0.2, 0) is 21.0 Å². The average molecular weight is 464 g/mol. The van der Waals surface area contributed by atoms with E-state index in [1.165, 1.54) is 17.0 Å². The second-order valence-corrected chi connectivity index (χ2v) is 8.55. The summed E-state index contributed by atoms with van der Waals surface area (Å²) in [4.78, 5) is 12.7. The van der Waals surface area contributed by atoms with Gasteiger partial charge in [0.1, 0.15) is 22.3 Å². The maximum absolute atomic E-state index is 13.9. The lowest BCUT2D eigenvalue weighted by molar-refractivity contribution is -0.141. The molecule has 0 saturated carbocycles. The molecule has 0 spiro atoms. The summed E-state index contributed by atoms with van der Waals surface area (Å²) in [6.45, 7) is -1.22. The molecule has 3 rings (SSSR count).